The predicted octanol–water partition coefficient (Wildman–Crippen LogP) is 1.62. The van der Waals surface area contributed by atoms with Gasteiger partial charge in [0.1, 0.15) is 5.01 Å². The van der Waals surface area contributed by atoms with Crippen LogP contribution in [-0.2, 0) is 0 Å². The molecule has 0 aliphatic rings. The molecule has 4 nitrogen and oxygen atoms in total. The Morgan fingerprint density at radius 2 is 2.40 bits per heavy atom. The number of nitrogens with zero attached hydrogens (tertiary/aromatic N) is 2. The summed E-state index contributed by atoms with van der Waals surface area (Å²) in [6.45, 7) is 0. The van der Waals surface area contributed by atoms with E-state index < -0.39 is 0 Å². The van der Waals surface area contributed by atoms with Crippen LogP contribution >= 0.6 is 23.1 Å². The van der Waals surface area contributed by atoms with Crippen LogP contribution in [0.2, 0.25) is 0 Å². The second-order valence-corrected chi connectivity index (χ2v) is 4.58. The van der Waals surface area contributed by atoms with Crippen LogP contribution in [0.4, 0.5) is 5.00 Å². The van der Waals surface area contributed by atoms with E-state index >= 15 is 0 Å². The van der Waals surface area contributed by atoms with Crippen molar-refractivity contribution < 1.29 is 5.48 Å². The van der Waals surface area contributed by atoms with Crippen molar-refractivity contribution in [2.45, 2.75) is 5.03 Å². The highest BCUT2D eigenvalue weighted by Crippen LogP contribution is 2.33. The Labute approximate surface area is 95.4 Å². The molecule has 78 valence electrons. The van der Waals surface area contributed by atoms with Crippen LogP contribution in [0.25, 0.3) is 10.6 Å². The average Bonchev–Trinajstić information content (AvgIpc) is 2.73. The highest BCUT2D eigenvalue weighted by Gasteiger charge is 2.12. The summed E-state index contributed by atoms with van der Waals surface area (Å²) in [5, 5.41) is 13.1. The normalized spacial score (nSPS) is 10.5. The molecule has 0 amide bonds. The van der Waals surface area contributed by atoms with Gasteiger partial charge in [0.15, 0.2) is 5.03 Å². The molecule has 2 N–H and O–H groups in total. The average molecular weight is 239 g/mol. The molecule has 2 aromatic heterocycles. The molecule has 2 rings (SSSR count). The van der Waals surface area contributed by atoms with Crippen LogP contribution < -0.4 is 5.48 Å². The van der Waals surface area contributed by atoms with E-state index in [0.29, 0.717) is 5.00 Å². The van der Waals surface area contributed by atoms with Gasteiger partial charge in [-0.1, -0.05) is 11.3 Å². The number of thioether (sulfide) groups is 1. The van der Waals surface area contributed by atoms with E-state index in [9.17, 15) is 5.21 Å². The number of hydrogen-bond donors (Lipinski definition) is 1. The number of nitrogens with two attached hydrogens (primary N) is 1. The number of aromatic nitrogens is 2. The summed E-state index contributed by atoms with van der Waals surface area (Å²) in [5.74, 6) is 0. The minimum absolute atomic E-state index is 0.682. The first-order chi connectivity index (χ1) is 7.35. The summed E-state index contributed by atoms with van der Waals surface area (Å²) < 4.78 is 0. The molecule has 2 heterocycles. The van der Waals surface area contributed by atoms with E-state index in [0.717, 1.165) is 21.1 Å². The minimum atomic E-state index is 0.682. The summed E-state index contributed by atoms with van der Waals surface area (Å²) in [7, 11) is 0. The van der Waals surface area contributed by atoms with Crippen molar-refractivity contribution in [1.82, 2.24) is 9.97 Å². The highest BCUT2D eigenvalue weighted by atomic mass is 32.2. The smallest absolute Gasteiger partial charge is 0.219 e. The minimum Gasteiger partial charge on any atom is -0.630 e. The molecule has 0 spiro atoms. The van der Waals surface area contributed by atoms with Gasteiger partial charge in [-0.05, 0) is 18.4 Å². The quantitative estimate of drug-likeness (QED) is 0.653. The van der Waals surface area contributed by atoms with Crippen LogP contribution in [0.15, 0.2) is 29.6 Å². The summed E-state index contributed by atoms with van der Waals surface area (Å²) in [6, 6.07) is 3.79. The van der Waals surface area contributed by atoms with Crippen LogP contribution in [0, 0.1) is 5.21 Å². The van der Waals surface area contributed by atoms with Gasteiger partial charge < -0.3 is 10.7 Å². The lowest BCUT2D eigenvalue weighted by Gasteiger charge is -1.96. The standard InChI is InChI=1S/C9H9N3OS2/c1-14-8-9(12-13)15-7(11-8)6-3-2-4-10-5-6/h2-5H,12H2,1H3. The molecule has 0 fully saturated rings. The Bertz CT molecular complexity index is 422. The van der Waals surface area contributed by atoms with Crippen molar-refractivity contribution in [3.63, 3.8) is 0 Å². The van der Waals surface area contributed by atoms with Gasteiger partial charge in [-0.3, -0.25) is 4.98 Å². The number of hydrogen-bond acceptors (Lipinski definition) is 5. The van der Waals surface area contributed by atoms with E-state index in [1.54, 1.807) is 12.4 Å². The molecule has 6 heteroatoms. The first kappa shape index (κ1) is 10.6. The fourth-order valence-corrected chi connectivity index (χ4v) is 2.78. The lowest BCUT2D eigenvalue weighted by atomic mass is 10.3. The molecule has 0 aliphatic heterocycles. The summed E-state index contributed by atoms with van der Waals surface area (Å²) in [6.07, 6.45) is 5.37. The van der Waals surface area contributed by atoms with Gasteiger partial charge in [0.25, 0.3) is 0 Å². The molecule has 15 heavy (non-hydrogen) atoms. The molecular formula is C9H9N3OS2. The second kappa shape index (κ2) is 4.71. The Kier molecular flexibility index (Phi) is 3.32. The second-order valence-electron chi connectivity index (χ2n) is 2.75. The Hall–Kier alpha value is -0.950. The van der Waals surface area contributed by atoms with Crippen molar-refractivity contribution in [2.24, 2.45) is 0 Å². The van der Waals surface area contributed by atoms with Gasteiger partial charge in [0.2, 0.25) is 5.00 Å². The lowest BCUT2D eigenvalue weighted by Crippen LogP contribution is -2.69. The van der Waals surface area contributed by atoms with Crippen molar-refractivity contribution in [2.75, 3.05) is 6.26 Å². The molecule has 0 saturated carbocycles. The zero-order chi connectivity index (χ0) is 10.7. The molecular weight excluding hydrogens is 230 g/mol. The predicted molar refractivity (Wildman–Crippen MR) is 62.1 cm³/mol. The van der Waals surface area contributed by atoms with E-state index in [2.05, 4.69) is 9.97 Å². The molecule has 0 bridgehead atoms. The van der Waals surface area contributed by atoms with Crippen LogP contribution in [0.5, 0.6) is 0 Å². The Balaban J connectivity index is 2.42. The first-order valence-corrected chi connectivity index (χ1v) is 6.29. The van der Waals surface area contributed by atoms with Gasteiger partial charge in [-0.25, -0.2) is 4.98 Å². The van der Waals surface area contributed by atoms with E-state index in [1.165, 1.54) is 23.1 Å². The number of rotatable bonds is 3. The van der Waals surface area contributed by atoms with Crippen LogP contribution in [0.3, 0.4) is 0 Å². The monoisotopic (exact) mass is 239 g/mol. The maximum absolute atomic E-state index is 10.8. The van der Waals surface area contributed by atoms with Crippen LogP contribution in [0.1, 0.15) is 0 Å². The first-order valence-electron chi connectivity index (χ1n) is 4.25. The topological polar surface area (TPSA) is 65.5 Å². The zero-order valence-corrected chi connectivity index (χ0v) is 9.64. The fourth-order valence-electron chi connectivity index (χ4n) is 1.15. The van der Waals surface area contributed by atoms with Crippen LogP contribution in [-0.4, -0.2) is 16.2 Å². The Morgan fingerprint density at radius 3 is 2.93 bits per heavy atom. The number of thiazole rings is 1. The molecule has 0 radical (unpaired) electrons. The van der Waals surface area contributed by atoms with E-state index in [1.807, 2.05) is 18.4 Å². The van der Waals surface area contributed by atoms with Gasteiger partial charge in [-0.15, -0.1) is 11.8 Å². The van der Waals surface area contributed by atoms with Crippen molar-refractivity contribution in [1.29, 1.82) is 0 Å². The third-order valence-corrected chi connectivity index (χ3v) is 3.69. The van der Waals surface area contributed by atoms with Gasteiger partial charge in [-0.2, -0.15) is 0 Å². The van der Waals surface area contributed by atoms with Gasteiger partial charge >= 0.3 is 0 Å². The highest BCUT2D eigenvalue weighted by molar-refractivity contribution is 7.98. The Morgan fingerprint density at radius 1 is 1.53 bits per heavy atom. The van der Waals surface area contributed by atoms with Crippen molar-refractivity contribution >= 4 is 28.1 Å². The van der Waals surface area contributed by atoms with Crippen molar-refractivity contribution in [3.8, 4) is 10.6 Å². The van der Waals surface area contributed by atoms with Crippen molar-refractivity contribution in [3.05, 3.63) is 29.7 Å². The third-order valence-electron chi connectivity index (χ3n) is 1.83. The molecule has 0 aromatic carbocycles. The third kappa shape index (κ3) is 2.18. The SMILES string of the molecule is CSc1nc(-c2cccnc2)sc1[NH2+][O-]. The zero-order valence-electron chi connectivity index (χ0n) is 8.01. The number of pyridine rings is 1. The van der Waals surface area contributed by atoms with Gasteiger partial charge in [0, 0.05) is 18.0 Å². The molecule has 2 aromatic rings. The summed E-state index contributed by atoms with van der Waals surface area (Å²) >= 11 is 2.88. The van der Waals surface area contributed by atoms with E-state index in [4.69, 9.17) is 0 Å². The molecule has 0 aliphatic carbocycles. The maximum atomic E-state index is 10.8. The summed E-state index contributed by atoms with van der Waals surface area (Å²) in [5.41, 5.74) is 1.80. The van der Waals surface area contributed by atoms with Gasteiger partial charge in [0.05, 0.1) is 0 Å². The molecule has 0 unspecified atom stereocenters. The lowest BCUT2D eigenvalue weighted by molar-refractivity contribution is -0.495. The largest absolute Gasteiger partial charge is 0.630 e. The molecule has 0 atom stereocenters. The number of quaternary nitrogens is 1. The fraction of sp³-hybridized carbons (Fsp3) is 0.111. The maximum Gasteiger partial charge on any atom is 0.219 e. The molecule has 0 saturated heterocycles. The van der Waals surface area contributed by atoms with E-state index in [-0.39, 0.29) is 0 Å². The summed E-state index contributed by atoms with van der Waals surface area (Å²) in [4.78, 5) is 8.40.